The summed E-state index contributed by atoms with van der Waals surface area (Å²) in [4.78, 5) is 25.2. The molecule has 0 radical (unpaired) electrons. The number of para-hydroxylation sites is 1. The molecule has 0 spiro atoms. The molecule has 0 aliphatic heterocycles. The van der Waals surface area contributed by atoms with Gasteiger partial charge in [-0.05, 0) is 58.4 Å². The molecular formula is C21H16BrFN2O3. The van der Waals surface area contributed by atoms with Gasteiger partial charge < -0.3 is 15.4 Å². The minimum atomic E-state index is -0.534. The van der Waals surface area contributed by atoms with E-state index in [0.29, 0.717) is 21.6 Å². The number of nitrogens with one attached hydrogen (secondary N) is 2. The molecule has 7 heteroatoms. The summed E-state index contributed by atoms with van der Waals surface area (Å²) in [5, 5.41) is 5.43. The van der Waals surface area contributed by atoms with Gasteiger partial charge >= 0.3 is 0 Å². The van der Waals surface area contributed by atoms with Crippen LogP contribution in [0.15, 0.2) is 71.2 Å². The molecule has 28 heavy (non-hydrogen) atoms. The third-order valence-electron chi connectivity index (χ3n) is 3.92. The topological polar surface area (TPSA) is 67.4 Å². The minimum Gasteiger partial charge on any atom is -0.497 e. The highest BCUT2D eigenvalue weighted by Gasteiger charge is 2.16. The summed E-state index contributed by atoms with van der Waals surface area (Å²) in [6, 6.07) is 17.3. The normalized spacial score (nSPS) is 10.2. The Bertz CT molecular complexity index is 1040. The van der Waals surface area contributed by atoms with E-state index in [0.717, 1.165) is 6.07 Å². The molecule has 0 aromatic heterocycles. The Labute approximate surface area is 169 Å². The van der Waals surface area contributed by atoms with Crippen LogP contribution in [-0.2, 0) is 0 Å². The zero-order valence-corrected chi connectivity index (χ0v) is 16.4. The highest BCUT2D eigenvalue weighted by atomic mass is 79.9. The van der Waals surface area contributed by atoms with Crippen LogP contribution in [0.2, 0.25) is 0 Å². The molecule has 2 amide bonds. The number of hydrogen-bond donors (Lipinski definition) is 2. The van der Waals surface area contributed by atoms with Crippen LogP contribution in [0.4, 0.5) is 15.8 Å². The largest absolute Gasteiger partial charge is 0.497 e. The van der Waals surface area contributed by atoms with Crippen molar-refractivity contribution >= 4 is 39.1 Å². The van der Waals surface area contributed by atoms with Crippen molar-refractivity contribution in [1.82, 2.24) is 0 Å². The summed E-state index contributed by atoms with van der Waals surface area (Å²) in [6.45, 7) is 0. The van der Waals surface area contributed by atoms with Gasteiger partial charge in [-0.1, -0.05) is 18.2 Å². The maximum absolute atomic E-state index is 13.5. The van der Waals surface area contributed by atoms with Crippen molar-refractivity contribution in [3.05, 3.63) is 88.1 Å². The van der Waals surface area contributed by atoms with E-state index >= 15 is 0 Å². The lowest BCUT2D eigenvalue weighted by Gasteiger charge is -2.12. The molecule has 0 aliphatic rings. The Kier molecular flexibility index (Phi) is 6.06. The molecule has 0 saturated carbocycles. The van der Waals surface area contributed by atoms with Crippen LogP contribution in [0.1, 0.15) is 20.7 Å². The highest BCUT2D eigenvalue weighted by Crippen LogP contribution is 2.23. The second-order valence-electron chi connectivity index (χ2n) is 5.81. The van der Waals surface area contributed by atoms with Crippen LogP contribution >= 0.6 is 15.9 Å². The molecule has 0 atom stereocenters. The molecule has 0 saturated heterocycles. The average molecular weight is 443 g/mol. The van der Waals surface area contributed by atoms with Crippen LogP contribution in [0.5, 0.6) is 5.75 Å². The van der Waals surface area contributed by atoms with E-state index in [2.05, 4.69) is 26.6 Å². The van der Waals surface area contributed by atoms with E-state index in [1.807, 2.05) is 0 Å². The lowest BCUT2D eigenvalue weighted by molar-refractivity contribution is 0.102. The number of benzene rings is 3. The smallest absolute Gasteiger partial charge is 0.257 e. The standard InChI is InChI=1S/C21H16BrFN2O3/c1-28-15-6-4-5-14(12-15)24-20(26)16-7-2-3-8-19(16)25-21(27)17-11-13(23)9-10-18(17)22/h2-12H,1H3,(H,24,26)(H,25,27). The van der Waals surface area contributed by atoms with Crippen LogP contribution in [-0.4, -0.2) is 18.9 Å². The Morgan fingerprint density at radius 2 is 1.64 bits per heavy atom. The van der Waals surface area contributed by atoms with E-state index in [9.17, 15) is 14.0 Å². The van der Waals surface area contributed by atoms with Crippen molar-refractivity contribution in [3.8, 4) is 5.75 Å². The number of carbonyl (C=O) groups excluding carboxylic acids is 2. The van der Waals surface area contributed by atoms with Crippen molar-refractivity contribution < 1.29 is 18.7 Å². The second kappa shape index (κ2) is 8.67. The first-order valence-electron chi connectivity index (χ1n) is 8.29. The van der Waals surface area contributed by atoms with E-state index in [-0.39, 0.29) is 11.1 Å². The molecule has 0 heterocycles. The minimum absolute atomic E-state index is 0.128. The maximum atomic E-state index is 13.5. The van der Waals surface area contributed by atoms with Crippen molar-refractivity contribution in [2.45, 2.75) is 0 Å². The number of amides is 2. The van der Waals surface area contributed by atoms with Gasteiger partial charge in [0, 0.05) is 16.2 Å². The van der Waals surface area contributed by atoms with Gasteiger partial charge in [-0.3, -0.25) is 9.59 Å². The molecule has 142 valence electrons. The summed E-state index contributed by atoms with van der Waals surface area (Å²) >= 11 is 3.23. The Morgan fingerprint density at radius 3 is 2.43 bits per heavy atom. The van der Waals surface area contributed by atoms with E-state index in [4.69, 9.17) is 4.74 Å². The summed E-state index contributed by atoms with van der Waals surface area (Å²) in [6.07, 6.45) is 0. The number of methoxy groups -OCH3 is 1. The third-order valence-corrected chi connectivity index (χ3v) is 4.61. The van der Waals surface area contributed by atoms with Crippen LogP contribution < -0.4 is 15.4 Å². The third kappa shape index (κ3) is 4.55. The Hall–Kier alpha value is -3.19. The van der Waals surface area contributed by atoms with Gasteiger partial charge in [-0.15, -0.1) is 0 Å². The molecule has 3 rings (SSSR count). The predicted molar refractivity (Wildman–Crippen MR) is 109 cm³/mol. The van der Waals surface area contributed by atoms with Crippen molar-refractivity contribution in [1.29, 1.82) is 0 Å². The molecule has 3 aromatic carbocycles. The fourth-order valence-electron chi connectivity index (χ4n) is 2.55. The number of anilines is 2. The van der Waals surface area contributed by atoms with Gasteiger partial charge in [-0.25, -0.2) is 4.39 Å². The molecule has 0 unspecified atom stereocenters. The Morgan fingerprint density at radius 1 is 0.893 bits per heavy atom. The average Bonchev–Trinajstić information content (AvgIpc) is 2.70. The van der Waals surface area contributed by atoms with Crippen molar-refractivity contribution in [3.63, 3.8) is 0 Å². The monoisotopic (exact) mass is 442 g/mol. The molecule has 0 bridgehead atoms. The molecule has 0 fully saturated rings. The van der Waals surface area contributed by atoms with Crippen LogP contribution in [0, 0.1) is 5.82 Å². The molecule has 0 aliphatic carbocycles. The van der Waals surface area contributed by atoms with Crippen LogP contribution in [0.3, 0.4) is 0 Å². The van der Waals surface area contributed by atoms with E-state index in [1.165, 1.54) is 19.2 Å². The zero-order chi connectivity index (χ0) is 20.1. The SMILES string of the molecule is COc1cccc(NC(=O)c2ccccc2NC(=O)c2cc(F)ccc2Br)c1. The van der Waals surface area contributed by atoms with Crippen molar-refractivity contribution in [2.24, 2.45) is 0 Å². The molecular weight excluding hydrogens is 427 g/mol. The summed E-state index contributed by atoms with van der Waals surface area (Å²) in [5.74, 6) is -0.858. The first kappa shape index (κ1) is 19.6. The number of hydrogen-bond acceptors (Lipinski definition) is 3. The van der Waals surface area contributed by atoms with Gasteiger partial charge in [0.2, 0.25) is 0 Å². The fourth-order valence-corrected chi connectivity index (χ4v) is 2.98. The lowest BCUT2D eigenvalue weighted by Crippen LogP contribution is -2.18. The van der Waals surface area contributed by atoms with Gasteiger partial charge in [0.05, 0.1) is 23.9 Å². The van der Waals surface area contributed by atoms with Crippen LogP contribution in [0.25, 0.3) is 0 Å². The second-order valence-corrected chi connectivity index (χ2v) is 6.66. The first-order chi connectivity index (χ1) is 13.5. The van der Waals surface area contributed by atoms with Gasteiger partial charge in [0.15, 0.2) is 0 Å². The highest BCUT2D eigenvalue weighted by molar-refractivity contribution is 9.10. The summed E-state index contributed by atoms with van der Waals surface area (Å²) < 4.78 is 19.1. The number of rotatable bonds is 5. The zero-order valence-electron chi connectivity index (χ0n) is 14.8. The van der Waals surface area contributed by atoms with Gasteiger partial charge in [0.25, 0.3) is 11.8 Å². The summed E-state index contributed by atoms with van der Waals surface area (Å²) in [5.41, 5.74) is 1.26. The summed E-state index contributed by atoms with van der Waals surface area (Å²) in [7, 11) is 1.54. The fraction of sp³-hybridized carbons (Fsp3) is 0.0476. The molecule has 2 N–H and O–H groups in total. The quantitative estimate of drug-likeness (QED) is 0.577. The maximum Gasteiger partial charge on any atom is 0.257 e. The van der Waals surface area contributed by atoms with Gasteiger partial charge in [0.1, 0.15) is 11.6 Å². The number of ether oxygens (including phenoxy) is 1. The molecule has 5 nitrogen and oxygen atoms in total. The van der Waals surface area contributed by atoms with Crippen molar-refractivity contribution in [2.75, 3.05) is 17.7 Å². The first-order valence-corrected chi connectivity index (χ1v) is 9.08. The van der Waals surface area contributed by atoms with E-state index in [1.54, 1.807) is 48.5 Å². The number of carbonyl (C=O) groups is 2. The van der Waals surface area contributed by atoms with Gasteiger partial charge in [-0.2, -0.15) is 0 Å². The number of halogens is 2. The van der Waals surface area contributed by atoms with E-state index < -0.39 is 17.6 Å². The predicted octanol–water partition coefficient (Wildman–Crippen LogP) is 5.10. The Balaban J connectivity index is 1.83. The molecule has 3 aromatic rings. The lowest BCUT2D eigenvalue weighted by atomic mass is 10.1.